The lowest BCUT2D eigenvalue weighted by Gasteiger charge is -2.29. The molecule has 0 atom stereocenters. The molecule has 0 bridgehead atoms. The lowest BCUT2D eigenvalue weighted by Crippen LogP contribution is -2.31. The van der Waals surface area contributed by atoms with Crippen molar-refractivity contribution < 1.29 is 13.2 Å². The molecule has 0 fully saturated rings. The molecule has 1 aliphatic rings. The molecule has 38 heavy (non-hydrogen) atoms. The van der Waals surface area contributed by atoms with Gasteiger partial charge in [0.2, 0.25) is 5.91 Å². The Kier molecular flexibility index (Phi) is 8.41. The normalized spacial score (nSPS) is 13.5. The van der Waals surface area contributed by atoms with Crippen LogP contribution in [0, 0.1) is 6.92 Å². The summed E-state index contributed by atoms with van der Waals surface area (Å²) in [6.07, 6.45) is 3.75. The molecule has 3 aromatic carbocycles. The number of pyridine rings is 1. The van der Waals surface area contributed by atoms with Crippen LogP contribution in [-0.2, 0) is 14.6 Å². The van der Waals surface area contributed by atoms with Crippen molar-refractivity contribution in [1.82, 2.24) is 4.98 Å². The number of nitrogens with two attached hydrogens (primary N) is 1. The maximum absolute atomic E-state index is 11.4. The number of benzene rings is 3. The molecule has 0 aliphatic carbocycles. The van der Waals surface area contributed by atoms with Gasteiger partial charge < -0.3 is 10.6 Å². The van der Waals surface area contributed by atoms with E-state index in [1.807, 2.05) is 37.3 Å². The maximum atomic E-state index is 11.4. The Hall–Kier alpha value is -3.39. The van der Waals surface area contributed by atoms with Gasteiger partial charge in [-0.15, -0.1) is 0 Å². The predicted octanol–water partition coefficient (Wildman–Crippen LogP) is 6.23. The Labute approximate surface area is 232 Å². The van der Waals surface area contributed by atoms with Gasteiger partial charge in [0.25, 0.3) is 0 Å². The standard InChI is InChI=1S/C22H19Cl2N3O.C7H8O2S/c1-13-11-20(27-9-7-14(8-10-27)22(25)28)18-4-2-3-17(21(18)26-13)16-6-5-15(23)12-19(16)24;1-10(8,9)7-5-3-2-4-6-7/h2-7,11-12H,8-10H2,1H3,(H2,25,28);2-6H,1H3. The Morgan fingerprint density at radius 1 is 0.974 bits per heavy atom. The van der Waals surface area contributed by atoms with Crippen molar-refractivity contribution in [2.24, 2.45) is 5.73 Å². The molecule has 2 heterocycles. The first-order valence-corrected chi connectivity index (χ1v) is 14.5. The van der Waals surface area contributed by atoms with Gasteiger partial charge in [-0.25, -0.2) is 8.42 Å². The summed E-state index contributed by atoms with van der Waals surface area (Å²) < 4.78 is 21.7. The van der Waals surface area contributed by atoms with Crippen LogP contribution in [0.3, 0.4) is 0 Å². The number of carbonyl (C=O) groups excluding carboxylic acids is 1. The molecule has 9 heteroatoms. The molecule has 0 unspecified atom stereocenters. The Bertz CT molecular complexity index is 1640. The van der Waals surface area contributed by atoms with Crippen molar-refractivity contribution >= 4 is 55.5 Å². The Balaban J connectivity index is 0.000000283. The van der Waals surface area contributed by atoms with E-state index >= 15 is 0 Å². The average Bonchev–Trinajstić information content (AvgIpc) is 2.89. The molecule has 1 aromatic heterocycles. The fourth-order valence-electron chi connectivity index (χ4n) is 4.32. The number of aryl methyl sites for hydroxylation is 1. The fraction of sp³-hybridized carbons (Fsp3) is 0.172. The molecule has 2 N–H and O–H groups in total. The minimum absolute atomic E-state index is 0.338. The fourth-order valence-corrected chi connectivity index (χ4v) is 5.48. The summed E-state index contributed by atoms with van der Waals surface area (Å²) in [6, 6.07) is 22.0. The number of anilines is 1. The monoisotopic (exact) mass is 567 g/mol. The quantitative estimate of drug-likeness (QED) is 0.315. The van der Waals surface area contributed by atoms with Crippen LogP contribution in [0.15, 0.2) is 89.3 Å². The van der Waals surface area contributed by atoms with Gasteiger partial charge in [0.05, 0.1) is 10.4 Å². The lowest BCUT2D eigenvalue weighted by atomic mass is 9.99. The van der Waals surface area contributed by atoms with E-state index < -0.39 is 9.84 Å². The third-order valence-corrected chi connectivity index (χ3v) is 7.88. The van der Waals surface area contributed by atoms with Gasteiger partial charge in [0, 0.05) is 62.9 Å². The number of sulfone groups is 1. The molecular formula is C29H27Cl2N3O3S. The van der Waals surface area contributed by atoms with Crippen molar-refractivity contribution in [2.75, 3.05) is 24.2 Å². The Morgan fingerprint density at radius 3 is 2.29 bits per heavy atom. The lowest BCUT2D eigenvalue weighted by molar-refractivity contribution is -0.114. The third-order valence-electron chi connectivity index (χ3n) is 6.20. The molecule has 1 amide bonds. The topological polar surface area (TPSA) is 93.4 Å². The summed E-state index contributed by atoms with van der Waals surface area (Å²) in [5.74, 6) is -0.338. The van der Waals surface area contributed by atoms with Crippen molar-refractivity contribution in [2.45, 2.75) is 18.2 Å². The van der Waals surface area contributed by atoms with Crippen LogP contribution < -0.4 is 10.6 Å². The SMILES string of the molecule is CS(=O)(=O)c1ccccc1.Cc1cc(N2CC=C(C(N)=O)CC2)c2cccc(-c3ccc(Cl)cc3Cl)c2n1. The molecule has 4 aromatic rings. The van der Waals surface area contributed by atoms with E-state index in [0.717, 1.165) is 40.0 Å². The number of amides is 1. The highest BCUT2D eigenvalue weighted by Gasteiger charge is 2.19. The second-order valence-electron chi connectivity index (χ2n) is 8.98. The number of fused-ring (bicyclic) bond motifs is 1. The van der Waals surface area contributed by atoms with Crippen molar-refractivity contribution in [3.05, 3.63) is 100 Å². The predicted molar refractivity (Wildman–Crippen MR) is 156 cm³/mol. The van der Waals surface area contributed by atoms with E-state index in [4.69, 9.17) is 33.9 Å². The zero-order chi connectivity index (χ0) is 27.4. The summed E-state index contributed by atoms with van der Waals surface area (Å²) >= 11 is 12.5. The second-order valence-corrected chi connectivity index (χ2v) is 11.8. The highest BCUT2D eigenvalue weighted by molar-refractivity contribution is 7.90. The maximum Gasteiger partial charge on any atom is 0.244 e. The second kappa shape index (κ2) is 11.6. The van der Waals surface area contributed by atoms with E-state index in [1.54, 1.807) is 36.4 Å². The van der Waals surface area contributed by atoms with Gasteiger partial charge in [-0.05, 0) is 43.7 Å². The number of hydrogen-bond acceptors (Lipinski definition) is 5. The molecule has 0 saturated heterocycles. The average molecular weight is 569 g/mol. The zero-order valence-corrected chi connectivity index (χ0v) is 23.3. The largest absolute Gasteiger partial charge is 0.367 e. The van der Waals surface area contributed by atoms with Gasteiger partial charge in [-0.1, -0.05) is 71.7 Å². The Morgan fingerprint density at radius 2 is 1.71 bits per heavy atom. The summed E-state index contributed by atoms with van der Waals surface area (Å²) in [4.78, 5) is 18.8. The number of primary amides is 1. The number of halogens is 2. The molecule has 0 spiro atoms. The summed E-state index contributed by atoms with van der Waals surface area (Å²) in [6.45, 7) is 3.36. The smallest absolute Gasteiger partial charge is 0.244 e. The van der Waals surface area contributed by atoms with Gasteiger partial charge in [-0.3, -0.25) is 9.78 Å². The third kappa shape index (κ3) is 6.35. The van der Waals surface area contributed by atoms with Crippen LogP contribution in [0.1, 0.15) is 12.1 Å². The van der Waals surface area contributed by atoms with E-state index in [2.05, 4.69) is 17.0 Å². The first-order valence-electron chi connectivity index (χ1n) is 11.9. The van der Waals surface area contributed by atoms with E-state index in [9.17, 15) is 13.2 Å². The van der Waals surface area contributed by atoms with E-state index in [-0.39, 0.29) is 5.91 Å². The van der Waals surface area contributed by atoms with Crippen molar-refractivity contribution in [3.63, 3.8) is 0 Å². The summed E-state index contributed by atoms with van der Waals surface area (Å²) in [5, 5.41) is 2.24. The molecule has 196 valence electrons. The number of hydrogen-bond donors (Lipinski definition) is 1. The molecule has 5 rings (SSSR count). The number of rotatable bonds is 4. The molecule has 6 nitrogen and oxygen atoms in total. The van der Waals surface area contributed by atoms with E-state index in [1.165, 1.54) is 6.26 Å². The van der Waals surface area contributed by atoms with Crippen LogP contribution in [-0.4, -0.2) is 38.7 Å². The first-order chi connectivity index (χ1) is 18.0. The summed E-state index contributed by atoms with van der Waals surface area (Å²) in [7, 11) is -3.00. The van der Waals surface area contributed by atoms with Gasteiger partial charge >= 0.3 is 0 Å². The van der Waals surface area contributed by atoms with Gasteiger partial charge in [0.15, 0.2) is 9.84 Å². The number of carbonyl (C=O) groups is 1. The van der Waals surface area contributed by atoms with Crippen LogP contribution in [0.4, 0.5) is 5.69 Å². The van der Waals surface area contributed by atoms with Crippen molar-refractivity contribution in [1.29, 1.82) is 0 Å². The van der Waals surface area contributed by atoms with Gasteiger partial charge in [0.1, 0.15) is 0 Å². The number of nitrogens with zero attached hydrogens (tertiary/aromatic N) is 2. The van der Waals surface area contributed by atoms with Crippen LogP contribution in [0.5, 0.6) is 0 Å². The highest BCUT2D eigenvalue weighted by Crippen LogP contribution is 2.37. The number of aromatic nitrogens is 1. The minimum Gasteiger partial charge on any atom is -0.367 e. The van der Waals surface area contributed by atoms with Gasteiger partial charge in [-0.2, -0.15) is 0 Å². The first kappa shape index (κ1) is 27.6. The molecular weight excluding hydrogens is 541 g/mol. The van der Waals surface area contributed by atoms with Crippen LogP contribution in [0.25, 0.3) is 22.0 Å². The molecule has 0 saturated carbocycles. The van der Waals surface area contributed by atoms with Crippen molar-refractivity contribution in [3.8, 4) is 11.1 Å². The van der Waals surface area contributed by atoms with E-state index in [0.29, 0.717) is 33.5 Å². The minimum atomic E-state index is -3.00. The summed E-state index contributed by atoms with van der Waals surface area (Å²) in [5.41, 5.74) is 10.9. The molecule has 0 radical (unpaired) electrons. The molecule has 1 aliphatic heterocycles. The zero-order valence-electron chi connectivity index (χ0n) is 21.0. The highest BCUT2D eigenvalue weighted by atomic mass is 35.5. The number of para-hydroxylation sites is 1. The van der Waals surface area contributed by atoms with Crippen LogP contribution in [0.2, 0.25) is 10.0 Å². The van der Waals surface area contributed by atoms with Crippen LogP contribution >= 0.6 is 23.2 Å².